The third-order valence-electron chi connectivity index (χ3n) is 4.23. The van der Waals surface area contributed by atoms with Crippen molar-refractivity contribution in [2.75, 3.05) is 13.2 Å². The van der Waals surface area contributed by atoms with E-state index < -0.39 is 23.7 Å². The van der Waals surface area contributed by atoms with E-state index in [0.717, 1.165) is 5.56 Å². The van der Waals surface area contributed by atoms with Crippen molar-refractivity contribution in [3.63, 3.8) is 0 Å². The van der Waals surface area contributed by atoms with Crippen LogP contribution >= 0.6 is 0 Å². The number of likely N-dealkylation sites (tertiary alicyclic amines) is 1. The van der Waals surface area contributed by atoms with Gasteiger partial charge in [-0.3, -0.25) is 4.90 Å². The minimum absolute atomic E-state index is 0.0430. The highest BCUT2D eigenvalue weighted by Crippen LogP contribution is 2.45. The molecule has 6 nitrogen and oxygen atoms in total. The quantitative estimate of drug-likeness (QED) is 0.860. The zero-order valence-electron chi connectivity index (χ0n) is 13.5. The summed E-state index contributed by atoms with van der Waals surface area (Å²) in [6, 6.07) is 6.50. The van der Waals surface area contributed by atoms with E-state index in [0.29, 0.717) is 18.9 Å². The zero-order valence-corrected chi connectivity index (χ0v) is 13.5. The number of hydrogen-bond donors (Lipinski definition) is 1. The highest BCUT2D eigenvalue weighted by atomic mass is 16.6. The van der Waals surface area contributed by atoms with Gasteiger partial charge in [-0.15, -0.1) is 0 Å². The molecule has 1 unspecified atom stereocenters. The predicted octanol–water partition coefficient (Wildman–Crippen LogP) is 2.48. The Morgan fingerprint density at radius 2 is 2.00 bits per heavy atom. The minimum atomic E-state index is -1.01. The van der Waals surface area contributed by atoms with Crippen LogP contribution in [0.2, 0.25) is 0 Å². The van der Waals surface area contributed by atoms with Crippen molar-refractivity contribution < 1.29 is 24.2 Å². The second kappa shape index (κ2) is 5.44. The number of ether oxygens (including phenoxy) is 2. The summed E-state index contributed by atoms with van der Waals surface area (Å²) >= 11 is 0. The average molecular weight is 319 g/mol. The highest BCUT2D eigenvalue weighted by molar-refractivity contribution is 5.82. The third-order valence-corrected chi connectivity index (χ3v) is 4.23. The van der Waals surface area contributed by atoms with Crippen molar-refractivity contribution >= 4 is 12.1 Å². The van der Waals surface area contributed by atoms with Gasteiger partial charge in [-0.05, 0) is 26.8 Å². The molecule has 2 heterocycles. The van der Waals surface area contributed by atoms with Gasteiger partial charge in [0.05, 0.1) is 6.61 Å². The Kier molecular flexibility index (Phi) is 3.70. The molecule has 0 saturated carbocycles. The normalized spacial score (nSPS) is 26.0. The number of fused-ring (bicyclic) bond motifs is 3. The third kappa shape index (κ3) is 2.85. The summed E-state index contributed by atoms with van der Waals surface area (Å²) in [5.74, 6) is -0.630. The molecule has 0 bridgehead atoms. The molecule has 23 heavy (non-hydrogen) atoms. The molecule has 2 aliphatic rings. The molecule has 0 spiro atoms. The largest absolute Gasteiger partial charge is 0.493 e. The first-order chi connectivity index (χ1) is 10.8. The van der Waals surface area contributed by atoms with E-state index in [-0.39, 0.29) is 11.8 Å². The number of carbonyl (C=O) groups is 2. The van der Waals surface area contributed by atoms with E-state index in [1.54, 1.807) is 20.8 Å². The van der Waals surface area contributed by atoms with E-state index >= 15 is 0 Å². The number of para-hydroxylation sites is 1. The van der Waals surface area contributed by atoms with Crippen LogP contribution in [0, 0.1) is 5.92 Å². The summed E-state index contributed by atoms with van der Waals surface area (Å²) in [6.07, 6.45) is -0.586. The first-order valence-corrected chi connectivity index (χ1v) is 7.72. The smallest absolute Gasteiger partial charge is 0.411 e. The number of aliphatic carboxylic acids is 1. The Bertz CT molecular complexity index is 636. The van der Waals surface area contributed by atoms with Crippen molar-refractivity contribution in [2.24, 2.45) is 5.92 Å². The molecular formula is C17H21NO5. The fourth-order valence-corrected chi connectivity index (χ4v) is 3.39. The van der Waals surface area contributed by atoms with Crippen LogP contribution in [-0.2, 0) is 9.53 Å². The fourth-order valence-electron chi connectivity index (χ4n) is 3.39. The summed E-state index contributed by atoms with van der Waals surface area (Å²) in [7, 11) is 0. The number of amides is 1. The molecule has 1 aromatic carbocycles. The lowest BCUT2D eigenvalue weighted by Crippen LogP contribution is -2.45. The molecule has 124 valence electrons. The number of carboxylic acids is 1. The molecule has 3 atom stereocenters. The molecule has 1 fully saturated rings. The number of rotatable bonds is 1. The van der Waals surface area contributed by atoms with Crippen LogP contribution in [0.5, 0.6) is 5.75 Å². The summed E-state index contributed by atoms with van der Waals surface area (Å²) in [6.45, 7) is 6.03. The van der Waals surface area contributed by atoms with E-state index in [2.05, 4.69) is 0 Å². The fraction of sp³-hybridized carbons (Fsp3) is 0.529. The van der Waals surface area contributed by atoms with Crippen LogP contribution in [0.15, 0.2) is 24.3 Å². The zero-order chi connectivity index (χ0) is 16.8. The van der Waals surface area contributed by atoms with Crippen LogP contribution in [-0.4, -0.2) is 46.9 Å². The van der Waals surface area contributed by atoms with Gasteiger partial charge in [-0.2, -0.15) is 0 Å². The van der Waals surface area contributed by atoms with Gasteiger partial charge in [0, 0.05) is 23.9 Å². The summed E-state index contributed by atoms with van der Waals surface area (Å²) in [5, 5.41) is 9.71. The molecule has 1 saturated heterocycles. The molecule has 6 heteroatoms. The molecular weight excluding hydrogens is 298 g/mol. The lowest BCUT2D eigenvalue weighted by Gasteiger charge is -2.30. The van der Waals surface area contributed by atoms with E-state index in [1.807, 2.05) is 24.3 Å². The first-order valence-electron chi connectivity index (χ1n) is 7.72. The molecule has 1 N–H and O–H groups in total. The van der Waals surface area contributed by atoms with Gasteiger partial charge in [0.2, 0.25) is 0 Å². The van der Waals surface area contributed by atoms with Crippen LogP contribution in [0.25, 0.3) is 0 Å². The molecule has 0 aromatic heterocycles. The van der Waals surface area contributed by atoms with Crippen molar-refractivity contribution in [3.8, 4) is 5.75 Å². The van der Waals surface area contributed by atoms with Gasteiger partial charge in [0.15, 0.2) is 0 Å². The maximum Gasteiger partial charge on any atom is 0.411 e. The minimum Gasteiger partial charge on any atom is -0.493 e. The number of carbonyl (C=O) groups excluding carboxylic acids is 1. The molecule has 2 aliphatic heterocycles. The Labute approximate surface area is 135 Å². The maximum atomic E-state index is 12.4. The van der Waals surface area contributed by atoms with Gasteiger partial charge in [0.25, 0.3) is 0 Å². The molecule has 1 aromatic rings. The van der Waals surface area contributed by atoms with Crippen LogP contribution in [0.3, 0.4) is 0 Å². The SMILES string of the molecule is CC(C)(C)OC(=O)N1C[C@@H]2COc3ccccc3[C@@H]2C1C(=O)O. The van der Waals surface area contributed by atoms with Crippen LogP contribution < -0.4 is 4.74 Å². The topological polar surface area (TPSA) is 76.1 Å². The monoisotopic (exact) mass is 319 g/mol. The van der Waals surface area contributed by atoms with Gasteiger partial charge in [0.1, 0.15) is 17.4 Å². The lowest BCUT2D eigenvalue weighted by atomic mass is 9.82. The number of carboxylic acid groups (broad SMARTS) is 1. The second-order valence-electron chi connectivity index (χ2n) is 7.05. The second-order valence-corrected chi connectivity index (χ2v) is 7.05. The van der Waals surface area contributed by atoms with Gasteiger partial charge in [-0.1, -0.05) is 18.2 Å². The van der Waals surface area contributed by atoms with E-state index in [4.69, 9.17) is 9.47 Å². The first kappa shape index (κ1) is 15.6. The van der Waals surface area contributed by atoms with Crippen molar-refractivity contribution in [2.45, 2.75) is 38.3 Å². The predicted molar refractivity (Wildman–Crippen MR) is 82.5 cm³/mol. The lowest BCUT2D eigenvalue weighted by molar-refractivity contribution is -0.142. The Balaban J connectivity index is 1.94. The van der Waals surface area contributed by atoms with E-state index in [9.17, 15) is 14.7 Å². The number of nitrogens with zero attached hydrogens (tertiary/aromatic N) is 1. The van der Waals surface area contributed by atoms with Gasteiger partial charge >= 0.3 is 12.1 Å². The summed E-state index contributed by atoms with van der Waals surface area (Å²) in [4.78, 5) is 25.6. The van der Waals surface area contributed by atoms with Crippen LogP contribution in [0.4, 0.5) is 4.79 Å². The van der Waals surface area contributed by atoms with Crippen molar-refractivity contribution in [1.82, 2.24) is 4.90 Å². The Morgan fingerprint density at radius 3 is 2.65 bits per heavy atom. The maximum absolute atomic E-state index is 12.4. The number of benzene rings is 1. The molecule has 3 rings (SSSR count). The molecule has 0 aliphatic carbocycles. The Morgan fingerprint density at radius 1 is 1.30 bits per heavy atom. The summed E-state index contributed by atoms with van der Waals surface area (Å²) in [5.41, 5.74) is 0.185. The van der Waals surface area contributed by atoms with Crippen molar-refractivity contribution in [3.05, 3.63) is 29.8 Å². The average Bonchev–Trinajstić information content (AvgIpc) is 2.85. The standard InChI is InChI=1S/C17H21NO5/c1-17(2,3)23-16(21)18-8-10-9-22-12-7-5-4-6-11(12)13(10)14(18)15(19)20/h4-7,10,13-14H,8-9H2,1-3H3,(H,19,20)/t10-,13-,14?/m1/s1. The molecule has 0 radical (unpaired) electrons. The van der Waals surface area contributed by atoms with Crippen LogP contribution in [0.1, 0.15) is 32.3 Å². The van der Waals surface area contributed by atoms with Crippen molar-refractivity contribution in [1.29, 1.82) is 0 Å². The highest BCUT2D eigenvalue weighted by Gasteiger charge is 2.52. The summed E-state index contributed by atoms with van der Waals surface area (Å²) < 4.78 is 11.1. The van der Waals surface area contributed by atoms with E-state index in [1.165, 1.54) is 4.90 Å². The van der Waals surface area contributed by atoms with Gasteiger partial charge in [-0.25, -0.2) is 9.59 Å². The molecule has 1 amide bonds. The van der Waals surface area contributed by atoms with Gasteiger partial charge < -0.3 is 14.6 Å². The number of hydrogen-bond acceptors (Lipinski definition) is 4. The Hall–Kier alpha value is -2.24.